The van der Waals surface area contributed by atoms with Crippen LogP contribution >= 0.6 is 0 Å². The summed E-state index contributed by atoms with van der Waals surface area (Å²) in [5.74, 6) is 2.56. The van der Waals surface area contributed by atoms with Crippen molar-refractivity contribution in [3.05, 3.63) is 0 Å². The second-order valence-electron chi connectivity index (χ2n) is 7.25. The summed E-state index contributed by atoms with van der Waals surface area (Å²) in [5, 5.41) is 0. The topological polar surface area (TPSA) is 29.3 Å². The highest BCUT2D eigenvalue weighted by Gasteiger charge is 2.35. The normalized spacial score (nSPS) is 40.6. The van der Waals surface area contributed by atoms with E-state index in [1.165, 1.54) is 51.5 Å². The standard InChI is InChI=1S/C17H34N2/c1-4-19(16-10-13(2)9-14(3)11-16)17-8-6-5-7-15(17)12-18/h13-17H,4-12,18H2,1-3H3. The van der Waals surface area contributed by atoms with E-state index in [1.54, 1.807) is 0 Å². The van der Waals surface area contributed by atoms with Crippen LogP contribution < -0.4 is 5.73 Å². The van der Waals surface area contributed by atoms with E-state index in [0.717, 1.165) is 36.4 Å². The molecule has 0 aromatic rings. The average Bonchev–Trinajstić information content (AvgIpc) is 2.39. The minimum absolute atomic E-state index is 0.751. The van der Waals surface area contributed by atoms with Gasteiger partial charge in [-0.05, 0) is 62.9 Å². The number of hydrogen-bond acceptors (Lipinski definition) is 2. The number of hydrogen-bond donors (Lipinski definition) is 1. The third-order valence-corrected chi connectivity index (χ3v) is 5.59. The fourth-order valence-corrected chi connectivity index (χ4v) is 4.84. The van der Waals surface area contributed by atoms with E-state index in [9.17, 15) is 0 Å². The Morgan fingerprint density at radius 2 is 1.63 bits per heavy atom. The van der Waals surface area contributed by atoms with Crippen molar-refractivity contribution in [2.24, 2.45) is 23.5 Å². The molecule has 4 atom stereocenters. The summed E-state index contributed by atoms with van der Waals surface area (Å²) in [7, 11) is 0. The smallest absolute Gasteiger partial charge is 0.0138 e. The molecule has 0 aliphatic heterocycles. The van der Waals surface area contributed by atoms with Gasteiger partial charge in [-0.25, -0.2) is 0 Å². The summed E-state index contributed by atoms with van der Waals surface area (Å²) in [6.45, 7) is 9.34. The molecule has 0 bridgehead atoms. The van der Waals surface area contributed by atoms with Gasteiger partial charge in [-0.2, -0.15) is 0 Å². The minimum Gasteiger partial charge on any atom is -0.330 e. The van der Waals surface area contributed by atoms with Crippen molar-refractivity contribution in [2.75, 3.05) is 13.1 Å². The molecule has 2 nitrogen and oxygen atoms in total. The van der Waals surface area contributed by atoms with Gasteiger partial charge < -0.3 is 5.73 Å². The summed E-state index contributed by atoms with van der Waals surface area (Å²) in [6.07, 6.45) is 9.80. The molecule has 0 aromatic heterocycles. The molecule has 2 heteroatoms. The van der Waals surface area contributed by atoms with Crippen molar-refractivity contribution in [3.8, 4) is 0 Å². The van der Waals surface area contributed by atoms with Crippen LogP contribution in [-0.4, -0.2) is 30.1 Å². The third kappa shape index (κ3) is 3.72. The molecule has 2 rings (SSSR count). The highest BCUT2D eigenvalue weighted by molar-refractivity contribution is 4.90. The highest BCUT2D eigenvalue weighted by Crippen LogP contribution is 2.36. The maximum atomic E-state index is 6.04. The van der Waals surface area contributed by atoms with Crippen LogP contribution in [0.1, 0.15) is 65.7 Å². The zero-order valence-corrected chi connectivity index (χ0v) is 13.3. The van der Waals surface area contributed by atoms with Crippen molar-refractivity contribution in [3.63, 3.8) is 0 Å². The number of rotatable bonds is 4. The molecule has 0 saturated heterocycles. The van der Waals surface area contributed by atoms with E-state index in [1.807, 2.05) is 0 Å². The lowest BCUT2D eigenvalue weighted by Gasteiger charge is -2.46. The SMILES string of the molecule is CCN(C1CC(C)CC(C)C1)C1CCCCC1CN. The van der Waals surface area contributed by atoms with Crippen LogP contribution in [0.4, 0.5) is 0 Å². The molecule has 0 spiro atoms. The van der Waals surface area contributed by atoms with E-state index in [-0.39, 0.29) is 0 Å². The van der Waals surface area contributed by atoms with Gasteiger partial charge in [0.05, 0.1) is 0 Å². The van der Waals surface area contributed by atoms with Crippen LogP contribution in [0.15, 0.2) is 0 Å². The molecule has 0 aromatic carbocycles. The molecule has 4 unspecified atom stereocenters. The van der Waals surface area contributed by atoms with E-state index >= 15 is 0 Å². The van der Waals surface area contributed by atoms with Gasteiger partial charge in [-0.3, -0.25) is 4.90 Å². The fourth-order valence-electron chi connectivity index (χ4n) is 4.84. The summed E-state index contributed by atoms with van der Waals surface area (Å²) in [5.41, 5.74) is 6.04. The van der Waals surface area contributed by atoms with Crippen molar-refractivity contribution >= 4 is 0 Å². The van der Waals surface area contributed by atoms with Crippen LogP contribution in [0.5, 0.6) is 0 Å². The first-order valence-corrected chi connectivity index (χ1v) is 8.61. The Kier molecular flexibility index (Phi) is 5.70. The lowest BCUT2D eigenvalue weighted by molar-refractivity contribution is 0.0326. The van der Waals surface area contributed by atoms with Crippen molar-refractivity contribution in [1.29, 1.82) is 0 Å². The Bertz CT molecular complexity index is 256. The van der Waals surface area contributed by atoms with Gasteiger partial charge in [0.1, 0.15) is 0 Å². The maximum absolute atomic E-state index is 6.04. The highest BCUT2D eigenvalue weighted by atomic mass is 15.2. The number of nitrogens with zero attached hydrogens (tertiary/aromatic N) is 1. The molecule has 0 heterocycles. The zero-order valence-electron chi connectivity index (χ0n) is 13.3. The van der Waals surface area contributed by atoms with Gasteiger partial charge in [0.15, 0.2) is 0 Å². The molecular formula is C17H34N2. The minimum atomic E-state index is 0.751. The Morgan fingerprint density at radius 1 is 1.00 bits per heavy atom. The van der Waals surface area contributed by atoms with Crippen LogP contribution in [-0.2, 0) is 0 Å². The molecule has 0 amide bonds. The fraction of sp³-hybridized carbons (Fsp3) is 1.00. The zero-order chi connectivity index (χ0) is 13.8. The first-order chi connectivity index (χ1) is 9.15. The van der Waals surface area contributed by atoms with Crippen LogP contribution in [0.3, 0.4) is 0 Å². The molecule has 19 heavy (non-hydrogen) atoms. The maximum Gasteiger partial charge on any atom is 0.0138 e. The monoisotopic (exact) mass is 266 g/mol. The van der Waals surface area contributed by atoms with Gasteiger partial charge in [0, 0.05) is 12.1 Å². The van der Waals surface area contributed by atoms with Gasteiger partial charge in [0.25, 0.3) is 0 Å². The predicted molar refractivity (Wildman–Crippen MR) is 83.1 cm³/mol. The van der Waals surface area contributed by atoms with Gasteiger partial charge >= 0.3 is 0 Å². The first-order valence-electron chi connectivity index (χ1n) is 8.61. The first kappa shape index (κ1) is 15.3. The Morgan fingerprint density at radius 3 is 2.21 bits per heavy atom. The molecule has 112 valence electrons. The predicted octanol–water partition coefficient (Wildman–Crippen LogP) is 3.65. The average molecular weight is 266 g/mol. The second kappa shape index (κ2) is 7.08. The second-order valence-corrected chi connectivity index (χ2v) is 7.25. The largest absolute Gasteiger partial charge is 0.330 e. The number of nitrogens with two attached hydrogens (primary N) is 1. The van der Waals surface area contributed by atoms with E-state index < -0.39 is 0 Å². The molecule has 2 saturated carbocycles. The van der Waals surface area contributed by atoms with Gasteiger partial charge in [-0.15, -0.1) is 0 Å². The molecule has 2 aliphatic rings. The summed E-state index contributed by atoms with van der Waals surface area (Å²) >= 11 is 0. The van der Waals surface area contributed by atoms with Crippen LogP contribution in [0, 0.1) is 17.8 Å². The van der Waals surface area contributed by atoms with E-state index in [2.05, 4.69) is 25.7 Å². The van der Waals surface area contributed by atoms with Crippen molar-refractivity contribution in [2.45, 2.75) is 77.8 Å². The Balaban J connectivity index is 2.04. The van der Waals surface area contributed by atoms with E-state index in [4.69, 9.17) is 5.73 Å². The van der Waals surface area contributed by atoms with Crippen molar-refractivity contribution < 1.29 is 0 Å². The molecule has 2 N–H and O–H groups in total. The lowest BCUT2D eigenvalue weighted by atomic mass is 9.77. The quantitative estimate of drug-likeness (QED) is 0.841. The van der Waals surface area contributed by atoms with E-state index in [0.29, 0.717) is 0 Å². The Hall–Kier alpha value is -0.0800. The van der Waals surface area contributed by atoms with Gasteiger partial charge in [-0.1, -0.05) is 33.6 Å². The lowest BCUT2D eigenvalue weighted by Crippen LogP contribution is -2.51. The van der Waals surface area contributed by atoms with Crippen molar-refractivity contribution in [1.82, 2.24) is 4.90 Å². The van der Waals surface area contributed by atoms with Crippen LogP contribution in [0.25, 0.3) is 0 Å². The molecule has 2 aliphatic carbocycles. The molecule has 0 radical (unpaired) electrons. The summed E-state index contributed by atoms with van der Waals surface area (Å²) in [6, 6.07) is 1.59. The Labute approximate surface area is 120 Å². The van der Waals surface area contributed by atoms with Gasteiger partial charge in [0.2, 0.25) is 0 Å². The summed E-state index contributed by atoms with van der Waals surface area (Å²) < 4.78 is 0. The third-order valence-electron chi connectivity index (χ3n) is 5.59. The molecular weight excluding hydrogens is 232 g/mol. The van der Waals surface area contributed by atoms with Crippen LogP contribution in [0.2, 0.25) is 0 Å². The summed E-state index contributed by atoms with van der Waals surface area (Å²) in [4.78, 5) is 2.84. The molecule has 2 fully saturated rings.